The first-order valence-electron chi connectivity index (χ1n) is 11.3. The van der Waals surface area contributed by atoms with Crippen LogP contribution in [0, 0.1) is 12.7 Å². The molecule has 5 heteroatoms. The molecule has 0 amide bonds. The van der Waals surface area contributed by atoms with Crippen molar-refractivity contribution in [1.82, 2.24) is 15.1 Å². The van der Waals surface area contributed by atoms with Gasteiger partial charge in [0.25, 0.3) is 0 Å². The van der Waals surface area contributed by atoms with Gasteiger partial charge in [0, 0.05) is 18.2 Å². The number of H-pyrrole nitrogens is 1. The minimum absolute atomic E-state index is 0.127. The standard InChI is InChI=1S/C24H34FN3O/c1-3-28-13-5-8-22(24-17(2)15-26-27-24)23(28)16-29-21-11-9-18(10-12-21)19-6-4-7-20(25)14-19/h4,6-7,14-15,18,21-23H,3,5,8-13,16H2,1-2H3,(H,26,27)/t18-,21+,22-,23-/m0/s1. The van der Waals surface area contributed by atoms with Crippen molar-refractivity contribution in [3.63, 3.8) is 0 Å². The molecule has 158 valence electrons. The van der Waals surface area contributed by atoms with Gasteiger partial charge in [-0.15, -0.1) is 0 Å². The van der Waals surface area contributed by atoms with Crippen LogP contribution in [0.25, 0.3) is 0 Å². The number of nitrogens with zero attached hydrogens (tertiary/aromatic N) is 2. The summed E-state index contributed by atoms with van der Waals surface area (Å²) in [6.45, 7) is 7.38. The zero-order valence-corrected chi connectivity index (χ0v) is 17.7. The maximum absolute atomic E-state index is 13.5. The zero-order chi connectivity index (χ0) is 20.2. The van der Waals surface area contributed by atoms with E-state index in [1.165, 1.54) is 30.2 Å². The molecule has 1 N–H and O–H groups in total. The van der Waals surface area contributed by atoms with Crippen molar-refractivity contribution in [2.75, 3.05) is 19.7 Å². The summed E-state index contributed by atoms with van der Waals surface area (Å²) in [6, 6.07) is 7.51. The van der Waals surface area contributed by atoms with Gasteiger partial charge in [-0.2, -0.15) is 5.10 Å². The molecule has 0 unspecified atom stereocenters. The van der Waals surface area contributed by atoms with Crippen LogP contribution in [0.3, 0.4) is 0 Å². The Hall–Kier alpha value is -1.72. The monoisotopic (exact) mass is 399 g/mol. The SMILES string of the molecule is CCN1CCC[C@H](c2n[nH]cc2C)[C@@H]1CO[C@H]1CC[C@@H](c2cccc(F)c2)CC1. The van der Waals surface area contributed by atoms with Crippen LogP contribution in [0.1, 0.15) is 74.1 Å². The van der Waals surface area contributed by atoms with E-state index < -0.39 is 0 Å². The van der Waals surface area contributed by atoms with Gasteiger partial charge in [0.15, 0.2) is 0 Å². The third-order valence-electron chi connectivity index (χ3n) is 7.02. The number of likely N-dealkylation sites (N-methyl/N-ethyl adjacent to an activating group) is 1. The highest BCUT2D eigenvalue weighted by atomic mass is 19.1. The Morgan fingerprint density at radius 2 is 2.03 bits per heavy atom. The van der Waals surface area contributed by atoms with E-state index in [4.69, 9.17) is 4.74 Å². The van der Waals surface area contributed by atoms with E-state index in [1.54, 1.807) is 6.07 Å². The van der Waals surface area contributed by atoms with E-state index in [0.717, 1.165) is 50.9 Å². The Bertz CT molecular complexity index is 784. The third kappa shape index (κ3) is 4.72. The Morgan fingerprint density at radius 1 is 1.21 bits per heavy atom. The molecule has 2 aliphatic rings. The van der Waals surface area contributed by atoms with Crippen LogP contribution in [-0.2, 0) is 4.74 Å². The lowest BCUT2D eigenvalue weighted by Crippen LogP contribution is -2.47. The number of hydrogen-bond donors (Lipinski definition) is 1. The van der Waals surface area contributed by atoms with Gasteiger partial charge < -0.3 is 4.74 Å². The van der Waals surface area contributed by atoms with E-state index in [-0.39, 0.29) is 5.82 Å². The predicted molar refractivity (Wildman–Crippen MR) is 114 cm³/mol. The minimum atomic E-state index is -0.127. The average molecular weight is 400 g/mol. The van der Waals surface area contributed by atoms with Crippen molar-refractivity contribution in [2.24, 2.45) is 0 Å². The molecule has 1 aliphatic heterocycles. The van der Waals surface area contributed by atoms with Gasteiger partial charge >= 0.3 is 0 Å². The highest BCUT2D eigenvalue weighted by molar-refractivity contribution is 5.22. The lowest BCUT2D eigenvalue weighted by Gasteiger charge is -2.41. The quantitative estimate of drug-likeness (QED) is 0.729. The Labute approximate surface area is 173 Å². The van der Waals surface area contributed by atoms with Crippen molar-refractivity contribution in [2.45, 2.75) is 76.4 Å². The summed E-state index contributed by atoms with van der Waals surface area (Å²) in [5.41, 5.74) is 3.61. The van der Waals surface area contributed by atoms with E-state index >= 15 is 0 Å². The maximum atomic E-state index is 13.5. The van der Waals surface area contributed by atoms with E-state index in [1.807, 2.05) is 12.3 Å². The van der Waals surface area contributed by atoms with E-state index in [2.05, 4.69) is 35.0 Å². The second kappa shape index (κ2) is 9.40. The maximum Gasteiger partial charge on any atom is 0.123 e. The van der Waals surface area contributed by atoms with Crippen molar-refractivity contribution in [1.29, 1.82) is 0 Å². The summed E-state index contributed by atoms with van der Waals surface area (Å²) in [6.07, 6.45) is 9.02. The normalized spacial score (nSPS) is 28.5. The lowest BCUT2D eigenvalue weighted by molar-refractivity contribution is -0.0258. The number of halogens is 1. The Kier molecular flexibility index (Phi) is 6.66. The predicted octanol–water partition coefficient (Wildman–Crippen LogP) is 5.17. The van der Waals surface area contributed by atoms with Crippen LogP contribution >= 0.6 is 0 Å². The molecule has 1 aromatic carbocycles. The largest absolute Gasteiger partial charge is 0.377 e. The van der Waals surface area contributed by atoms with Gasteiger partial charge in [0.05, 0.1) is 18.4 Å². The number of likely N-dealkylation sites (tertiary alicyclic amines) is 1. The minimum Gasteiger partial charge on any atom is -0.377 e. The van der Waals surface area contributed by atoms with Gasteiger partial charge in [0.2, 0.25) is 0 Å². The molecule has 1 saturated heterocycles. The second-order valence-corrected chi connectivity index (χ2v) is 8.76. The topological polar surface area (TPSA) is 41.2 Å². The molecule has 1 aromatic heterocycles. The first-order chi connectivity index (χ1) is 14.2. The molecule has 2 atom stereocenters. The number of rotatable bonds is 6. The number of aromatic amines is 1. The molecule has 4 nitrogen and oxygen atoms in total. The summed E-state index contributed by atoms with van der Waals surface area (Å²) in [7, 11) is 0. The second-order valence-electron chi connectivity index (χ2n) is 8.76. The number of ether oxygens (including phenoxy) is 1. The molecule has 2 aromatic rings. The van der Waals surface area contributed by atoms with Gasteiger partial charge in [0.1, 0.15) is 5.82 Å². The number of aryl methyl sites for hydroxylation is 1. The van der Waals surface area contributed by atoms with Gasteiger partial charge in [-0.05, 0) is 87.7 Å². The number of hydrogen-bond acceptors (Lipinski definition) is 3. The molecular weight excluding hydrogens is 365 g/mol. The summed E-state index contributed by atoms with van der Waals surface area (Å²) in [5.74, 6) is 0.780. The first kappa shape index (κ1) is 20.5. The highest BCUT2D eigenvalue weighted by Crippen LogP contribution is 2.36. The van der Waals surface area contributed by atoms with E-state index in [0.29, 0.717) is 24.0 Å². The molecule has 4 rings (SSSR count). The van der Waals surface area contributed by atoms with E-state index in [9.17, 15) is 4.39 Å². The third-order valence-corrected chi connectivity index (χ3v) is 7.02. The summed E-state index contributed by atoms with van der Waals surface area (Å²) in [5, 5.41) is 7.61. The molecular formula is C24H34FN3O. The Balaban J connectivity index is 1.35. The van der Waals surface area contributed by atoms with Crippen LogP contribution in [0.2, 0.25) is 0 Å². The van der Waals surface area contributed by atoms with Gasteiger partial charge in [-0.3, -0.25) is 10.00 Å². The molecule has 29 heavy (non-hydrogen) atoms. The summed E-state index contributed by atoms with van der Waals surface area (Å²) >= 11 is 0. The van der Waals surface area contributed by atoms with Crippen molar-refractivity contribution >= 4 is 0 Å². The molecule has 2 fully saturated rings. The highest BCUT2D eigenvalue weighted by Gasteiger charge is 2.35. The van der Waals surface area contributed by atoms with Crippen molar-refractivity contribution in [3.05, 3.63) is 53.1 Å². The van der Waals surface area contributed by atoms with Crippen molar-refractivity contribution < 1.29 is 9.13 Å². The molecule has 0 bridgehead atoms. The van der Waals surface area contributed by atoms with Crippen LogP contribution in [0.4, 0.5) is 4.39 Å². The smallest absolute Gasteiger partial charge is 0.123 e. The fourth-order valence-corrected chi connectivity index (χ4v) is 5.35. The number of benzene rings is 1. The zero-order valence-electron chi connectivity index (χ0n) is 17.7. The van der Waals surface area contributed by atoms with Crippen LogP contribution in [-0.4, -0.2) is 46.9 Å². The van der Waals surface area contributed by atoms with Crippen molar-refractivity contribution in [3.8, 4) is 0 Å². The number of aromatic nitrogens is 2. The Morgan fingerprint density at radius 3 is 2.72 bits per heavy atom. The molecule has 1 aliphatic carbocycles. The van der Waals surface area contributed by atoms with Crippen LogP contribution in [0.5, 0.6) is 0 Å². The van der Waals surface area contributed by atoms with Gasteiger partial charge in [-0.1, -0.05) is 19.1 Å². The number of nitrogens with one attached hydrogen (secondary N) is 1. The summed E-state index contributed by atoms with van der Waals surface area (Å²) in [4.78, 5) is 2.57. The van der Waals surface area contributed by atoms with Crippen LogP contribution < -0.4 is 0 Å². The molecule has 0 radical (unpaired) electrons. The molecule has 0 spiro atoms. The first-order valence-corrected chi connectivity index (χ1v) is 11.3. The number of piperidine rings is 1. The fourth-order valence-electron chi connectivity index (χ4n) is 5.35. The summed E-state index contributed by atoms with van der Waals surface area (Å²) < 4.78 is 20.0. The van der Waals surface area contributed by atoms with Crippen LogP contribution in [0.15, 0.2) is 30.5 Å². The van der Waals surface area contributed by atoms with Gasteiger partial charge in [-0.25, -0.2) is 4.39 Å². The molecule has 1 saturated carbocycles. The average Bonchev–Trinajstić information content (AvgIpc) is 3.18. The molecule has 2 heterocycles. The lowest BCUT2D eigenvalue weighted by atomic mass is 9.82. The fraction of sp³-hybridized carbons (Fsp3) is 0.625.